The third-order valence-electron chi connectivity index (χ3n) is 3.83. The highest BCUT2D eigenvalue weighted by atomic mass is 19.1. The van der Waals surface area contributed by atoms with Crippen molar-refractivity contribution in [3.8, 4) is 0 Å². The van der Waals surface area contributed by atoms with Gasteiger partial charge in [-0.05, 0) is 44.5 Å². The summed E-state index contributed by atoms with van der Waals surface area (Å²) in [4.78, 5) is 2.42. The number of benzene rings is 1. The van der Waals surface area contributed by atoms with Gasteiger partial charge < -0.3 is 5.32 Å². The molecular weight excluding hydrogens is 227 g/mol. The van der Waals surface area contributed by atoms with Gasteiger partial charge in [-0.2, -0.15) is 0 Å². The Morgan fingerprint density at radius 1 is 1.44 bits per heavy atom. The van der Waals surface area contributed by atoms with Gasteiger partial charge in [0.15, 0.2) is 0 Å². The van der Waals surface area contributed by atoms with Gasteiger partial charge in [-0.1, -0.05) is 19.1 Å². The van der Waals surface area contributed by atoms with Crippen molar-refractivity contribution < 1.29 is 4.39 Å². The van der Waals surface area contributed by atoms with Crippen LogP contribution in [0.5, 0.6) is 0 Å². The molecule has 0 spiro atoms. The van der Waals surface area contributed by atoms with Crippen LogP contribution in [0.2, 0.25) is 0 Å². The molecule has 1 aromatic rings. The lowest BCUT2D eigenvalue weighted by atomic mass is 10.1. The number of halogens is 1. The van der Waals surface area contributed by atoms with Crippen LogP contribution in [0.15, 0.2) is 18.2 Å². The molecule has 1 atom stereocenters. The van der Waals surface area contributed by atoms with Gasteiger partial charge in [0.1, 0.15) is 5.82 Å². The molecule has 1 unspecified atom stereocenters. The van der Waals surface area contributed by atoms with Crippen LogP contribution in [0.25, 0.3) is 0 Å². The standard InChI is InChI=1S/C15H23FN2/c1-3-14-5-4-8-18(14)11-13-9-12(10-17-2)6-7-15(13)16/h6-7,9,14,17H,3-5,8,10-11H2,1-2H3. The Morgan fingerprint density at radius 2 is 2.28 bits per heavy atom. The fourth-order valence-corrected chi connectivity index (χ4v) is 2.85. The monoisotopic (exact) mass is 250 g/mol. The van der Waals surface area contributed by atoms with Gasteiger partial charge in [0.05, 0.1) is 0 Å². The van der Waals surface area contributed by atoms with Crippen molar-refractivity contribution in [2.45, 2.75) is 45.3 Å². The van der Waals surface area contributed by atoms with Crippen molar-refractivity contribution >= 4 is 0 Å². The minimum absolute atomic E-state index is 0.0726. The molecule has 3 heteroatoms. The fourth-order valence-electron chi connectivity index (χ4n) is 2.85. The Morgan fingerprint density at radius 3 is 3.00 bits per heavy atom. The quantitative estimate of drug-likeness (QED) is 0.864. The molecule has 0 saturated carbocycles. The summed E-state index contributed by atoms with van der Waals surface area (Å²) in [7, 11) is 1.91. The minimum Gasteiger partial charge on any atom is -0.316 e. The van der Waals surface area contributed by atoms with E-state index in [1.807, 2.05) is 19.2 Å². The zero-order valence-electron chi connectivity index (χ0n) is 11.4. The van der Waals surface area contributed by atoms with Crippen molar-refractivity contribution in [1.29, 1.82) is 0 Å². The molecule has 0 aromatic heterocycles. The summed E-state index contributed by atoms with van der Waals surface area (Å²) in [5.74, 6) is -0.0726. The maximum atomic E-state index is 13.8. The molecular formula is C15H23FN2. The van der Waals surface area contributed by atoms with Crippen molar-refractivity contribution in [1.82, 2.24) is 10.2 Å². The number of nitrogens with zero attached hydrogens (tertiary/aromatic N) is 1. The summed E-state index contributed by atoms with van der Waals surface area (Å²) in [5.41, 5.74) is 1.99. The Bertz CT molecular complexity index is 392. The number of nitrogens with one attached hydrogen (secondary N) is 1. The molecule has 1 heterocycles. The van der Waals surface area contributed by atoms with Gasteiger partial charge >= 0.3 is 0 Å². The first kappa shape index (κ1) is 13.5. The molecule has 2 rings (SSSR count). The van der Waals surface area contributed by atoms with Crippen LogP contribution in [0.1, 0.15) is 37.3 Å². The van der Waals surface area contributed by atoms with Gasteiger partial charge in [-0.3, -0.25) is 4.90 Å². The second-order valence-electron chi connectivity index (χ2n) is 5.13. The first-order chi connectivity index (χ1) is 8.74. The van der Waals surface area contributed by atoms with Crippen LogP contribution in [0, 0.1) is 5.82 Å². The Labute approximate surface area is 109 Å². The smallest absolute Gasteiger partial charge is 0.127 e. The SMILES string of the molecule is CCC1CCCN1Cc1cc(CNC)ccc1F. The van der Waals surface area contributed by atoms with E-state index in [-0.39, 0.29) is 5.82 Å². The first-order valence-electron chi connectivity index (χ1n) is 6.90. The Balaban J connectivity index is 2.09. The van der Waals surface area contributed by atoms with E-state index in [4.69, 9.17) is 0 Å². The maximum Gasteiger partial charge on any atom is 0.127 e. The highest BCUT2D eigenvalue weighted by Gasteiger charge is 2.23. The number of hydrogen-bond donors (Lipinski definition) is 1. The second kappa shape index (κ2) is 6.30. The van der Waals surface area contributed by atoms with E-state index < -0.39 is 0 Å². The van der Waals surface area contributed by atoms with Crippen molar-refractivity contribution in [3.05, 3.63) is 35.1 Å². The van der Waals surface area contributed by atoms with E-state index in [0.717, 1.165) is 37.2 Å². The summed E-state index contributed by atoms with van der Waals surface area (Å²) in [5, 5.41) is 3.11. The molecule has 0 radical (unpaired) electrons. The maximum absolute atomic E-state index is 13.8. The summed E-state index contributed by atoms with van der Waals surface area (Å²) in [6.45, 7) is 4.87. The van der Waals surface area contributed by atoms with Crippen LogP contribution in [0.4, 0.5) is 4.39 Å². The van der Waals surface area contributed by atoms with Crippen LogP contribution >= 0.6 is 0 Å². The lowest BCUT2D eigenvalue weighted by Gasteiger charge is -2.23. The van der Waals surface area contributed by atoms with Crippen molar-refractivity contribution in [2.24, 2.45) is 0 Å². The third-order valence-corrected chi connectivity index (χ3v) is 3.83. The van der Waals surface area contributed by atoms with Crippen LogP contribution in [-0.4, -0.2) is 24.5 Å². The lowest BCUT2D eigenvalue weighted by molar-refractivity contribution is 0.237. The lowest BCUT2D eigenvalue weighted by Crippen LogP contribution is -2.28. The van der Waals surface area contributed by atoms with E-state index in [1.165, 1.54) is 12.8 Å². The summed E-state index contributed by atoms with van der Waals surface area (Å²) >= 11 is 0. The Kier molecular flexibility index (Phi) is 4.72. The molecule has 1 fully saturated rings. The summed E-state index contributed by atoms with van der Waals surface area (Å²) < 4.78 is 13.8. The van der Waals surface area contributed by atoms with Crippen LogP contribution < -0.4 is 5.32 Å². The largest absolute Gasteiger partial charge is 0.316 e. The zero-order chi connectivity index (χ0) is 13.0. The summed E-state index contributed by atoms with van der Waals surface area (Å²) in [6, 6.07) is 6.09. The van der Waals surface area contributed by atoms with Crippen molar-refractivity contribution in [2.75, 3.05) is 13.6 Å². The highest BCUT2D eigenvalue weighted by Crippen LogP contribution is 2.23. The van der Waals surface area contributed by atoms with Gasteiger partial charge in [-0.15, -0.1) is 0 Å². The van der Waals surface area contributed by atoms with Crippen LogP contribution in [0.3, 0.4) is 0 Å². The van der Waals surface area contributed by atoms with E-state index in [0.29, 0.717) is 6.04 Å². The molecule has 1 saturated heterocycles. The zero-order valence-corrected chi connectivity index (χ0v) is 11.4. The average Bonchev–Trinajstić information content (AvgIpc) is 2.81. The van der Waals surface area contributed by atoms with Gasteiger partial charge in [0, 0.05) is 24.7 Å². The van der Waals surface area contributed by atoms with E-state index in [9.17, 15) is 4.39 Å². The summed E-state index contributed by atoms with van der Waals surface area (Å²) in [6.07, 6.45) is 3.67. The van der Waals surface area contributed by atoms with Crippen molar-refractivity contribution in [3.63, 3.8) is 0 Å². The molecule has 1 aliphatic heterocycles. The van der Waals surface area contributed by atoms with E-state index >= 15 is 0 Å². The molecule has 0 bridgehead atoms. The minimum atomic E-state index is -0.0726. The predicted octanol–water partition coefficient (Wildman–Crippen LogP) is 2.92. The molecule has 100 valence electrons. The molecule has 18 heavy (non-hydrogen) atoms. The fraction of sp³-hybridized carbons (Fsp3) is 0.600. The first-order valence-corrected chi connectivity index (χ1v) is 6.90. The van der Waals surface area contributed by atoms with Gasteiger partial charge in [0.2, 0.25) is 0 Å². The average molecular weight is 250 g/mol. The normalized spacial score (nSPS) is 20.5. The second-order valence-corrected chi connectivity index (χ2v) is 5.13. The number of hydrogen-bond acceptors (Lipinski definition) is 2. The molecule has 2 nitrogen and oxygen atoms in total. The van der Waals surface area contributed by atoms with Gasteiger partial charge in [-0.25, -0.2) is 4.39 Å². The predicted molar refractivity (Wildman–Crippen MR) is 72.9 cm³/mol. The molecule has 0 amide bonds. The van der Waals surface area contributed by atoms with Gasteiger partial charge in [0.25, 0.3) is 0 Å². The van der Waals surface area contributed by atoms with E-state index in [2.05, 4.69) is 17.1 Å². The Hall–Kier alpha value is -0.930. The molecule has 1 aliphatic rings. The topological polar surface area (TPSA) is 15.3 Å². The highest BCUT2D eigenvalue weighted by molar-refractivity contribution is 5.25. The molecule has 0 aliphatic carbocycles. The van der Waals surface area contributed by atoms with E-state index in [1.54, 1.807) is 6.07 Å². The number of rotatable bonds is 5. The third kappa shape index (κ3) is 3.09. The molecule has 1 N–H and O–H groups in total. The number of likely N-dealkylation sites (tertiary alicyclic amines) is 1. The van der Waals surface area contributed by atoms with Crippen LogP contribution in [-0.2, 0) is 13.1 Å². The molecule has 1 aromatic carbocycles.